The molecule has 0 aliphatic heterocycles. The van der Waals surface area contributed by atoms with Crippen molar-refractivity contribution >= 4 is 15.9 Å². The van der Waals surface area contributed by atoms with Crippen molar-refractivity contribution in [1.29, 1.82) is 0 Å². The molecule has 21 heavy (non-hydrogen) atoms. The molecule has 0 radical (unpaired) electrons. The molecule has 0 saturated heterocycles. The third kappa shape index (κ3) is 3.86. The standard InChI is InChI=1S/C16H21BrN2O2/c1-4-19-15(16(17)11(2)18-19)10-13(20)9-12-5-7-14(21-3)8-6-12/h5-8,13,20H,4,9-10H2,1-3H3. The van der Waals surface area contributed by atoms with E-state index in [9.17, 15) is 5.11 Å². The monoisotopic (exact) mass is 352 g/mol. The fraction of sp³-hybridized carbons (Fsp3) is 0.438. The first-order valence-electron chi connectivity index (χ1n) is 7.08. The summed E-state index contributed by atoms with van der Waals surface area (Å²) in [6.45, 7) is 4.82. The smallest absolute Gasteiger partial charge is 0.118 e. The molecule has 1 aromatic heterocycles. The molecule has 0 bridgehead atoms. The lowest BCUT2D eigenvalue weighted by molar-refractivity contribution is 0.172. The van der Waals surface area contributed by atoms with Gasteiger partial charge in [0.1, 0.15) is 5.75 Å². The van der Waals surface area contributed by atoms with Crippen LogP contribution in [0.5, 0.6) is 5.75 Å². The number of halogens is 1. The Morgan fingerprint density at radius 2 is 1.95 bits per heavy atom. The normalized spacial score (nSPS) is 12.4. The lowest BCUT2D eigenvalue weighted by Crippen LogP contribution is -2.17. The van der Waals surface area contributed by atoms with Crippen LogP contribution in [0.15, 0.2) is 28.7 Å². The second-order valence-corrected chi connectivity index (χ2v) is 5.86. The number of methoxy groups -OCH3 is 1. The van der Waals surface area contributed by atoms with Crippen LogP contribution < -0.4 is 4.74 Å². The van der Waals surface area contributed by atoms with Gasteiger partial charge in [-0.15, -0.1) is 0 Å². The van der Waals surface area contributed by atoms with E-state index >= 15 is 0 Å². The third-order valence-corrected chi connectivity index (χ3v) is 4.54. The Kier molecular flexibility index (Phi) is 5.42. The summed E-state index contributed by atoms with van der Waals surface area (Å²) >= 11 is 3.56. The maximum Gasteiger partial charge on any atom is 0.118 e. The van der Waals surface area contributed by atoms with Crippen LogP contribution in [-0.2, 0) is 19.4 Å². The Labute approximate surface area is 133 Å². The summed E-state index contributed by atoms with van der Waals surface area (Å²) in [5.74, 6) is 0.829. The van der Waals surface area contributed by atoms with Crippen molar-refractivity contribution in [2.45, 2.75) is 39.3 Å². The van der Waals surface area contributed by atoms with Gasteiger partial charge < -0.3 is 9.84 Å². The predicted octanol–water partition coefficient (Wildman–Crippen LogP) is 3.13. The summed E-state index contributed by atoms with van der Waals surface area (Å²) in [7, 11) is 1.65. The Morgan fingerprint density at radius 1 is 1.29 bits per heavy atom. The van der Waals surface area contributed by atoms with Gasteiger partial charge >= 0.3 is 0 Å². The van der Waals surface area contributed by atoms with Gasteiger partial charge in [0.2, 0.25) is 0 Å². The van der Waals surface area contributed by atoms with Crippen molar-refractivity contribution in [2.24, 2.45) is 0 Å². The molecule has 1 aromatic carbocycles. The lowest BCUT2D eigenvalue weighted by Gasteiger charge is -2.13. The van der Waals surface area contributed by atoms with E-state index in [0.717, 1.165) is 33.7 Å². The first-order chi connectivity index (χ1) is 10.0. The van der Waals surface area contributed by atoms with Crippen molar-refractivity contribution in [3.05, 3.63) is 45.7 Å². The van der Waals surface area contributed by atoms with Crippen LogP contribution >= 0.6 is 15.9 Å². The zero-order valence-electron chi connectivity index (χ0n) is 12.6. The van der Waals surface area contributed by atoms with Gasteiger partial charge in [-0.05, 0) is 53.9 Å². The first kappa shape index (κ1) is 16.0. The molecular formula is C16H21BrN2O2. The van der Waals surface area contributed by atoms with Gasteiger partial charge in [0.25, 0.3) is 0 Å². The molecule has 4 nitrogen and oxygen atoms in total. The molecule has 2 rings (SSSR count). The van der Waals surface area contributed by atoms with E-state index in [1.54, 1.807) is 7.11 Å². The fourth-order valence-corrected chi connectivity index (χ4v) is 2.84. The van der Waals surface area contributed by atoms with Gasteiger partial charge in [-0.1, -0.05) is 12.1 Å². The first-order valence-corrected chi connectivity index (χ1v) is 7.87. The number of ether oxygens (including phenoxy) is 1. The van der Waals surface area contributed by atoms with E-state index in [2.05, 4.69) is 28.0 Å². The Morgan fingerprint density at radius 3 is 2.52 bits per heavy atom. The Bertz CT molecular complexity index is 593. The highest BCUT2D eigenvalue weighted by Gasteiger charge is 2.16. The van der Waals surface area contributed by atoms with Crippen molar-refractivity contribution < 1.29 is 9.84 Å². The van der Waals surface area contributed by atoms with E-state index in [4.69, 9.17) is 4.74 Å². The molecule has 0 fully saturated rings. The van der Waals surface area contributed by atoms with Crippen LogP contribution in [0.25, 0.3) is 0 Å². The van der Waals surface area contributed by atoms with Crippen molar-refractivity contribution in [3.63, 3.8) is 0 Å². The van der Waals surface area contributed by atoms with E-state index in [1.807, 2.05) is 35.9 Å². The molecule has 1 heterocycles. The SMILES string of the molecule is CCn1nc(C)c(Br)c1CC(O)Cc1ccc(OC)cc1. The average Bonchev–Trinajstić information content (AvgIpc) is 2.75. The molecule has 0 saturated carbocycles. The minimum atomic E-state index is -0.434. The summed E-state index contributed by atoms with van der Waals surface area (Å²) in [6, 6.07) is 7.80. The highest BCUT2D eigenvalue weighted by molar-refractivity contribution is 9.10. The number of aliphatic hydroxyl groups excluding tert-OH is 1. The summed E-state index contributed by atoms with van der Waals surface area (Å²) in [6.07, 6.45) is 0.766. The molecule has 0 amide bonds. The van der Waals surface area contributed by atoms with Crippen LogP contribution in [0.1, 0.15) is 23.9 Å². The van der Waals surface area contributed by atoms with Crippen molar-refractivity contribution in [3.8, 4) is 5.75 Å². The number of hydrogen-bond acceptors (Lipinski definition) is 3. The molecule has 114 valence electrons. The van der Waals surface area contributed by atoms with Crippen LogP contribution in [0.4, 0.5) is 0 Å². The summed E-state index contributed by atoms with van der Waals surface area (Å²) in [4.78, 5) is 0. The zero-order chi connectivity index (χ0) is 15.4. The molecule has 1 unspecified atom stereocenters. The van der Waals surface area contributed by atoms with E-state index < -0.39 is 6.10 Å². The average molecular weight is 353 g/mol. The summed E-state index contributed by atoms with van der Waals surface area (Å²) in [5.41, 5.74) is 3.11. The van der Waals surface area contributed by atoms with Gasteiger partial charge in [-0.3, -0.25) is 4.68 Å². The molecule has 0 aliphatic rings. The quantitative estimate of drug-likeness (QED) is 0.868. The second kappa shape index (κ2) is 7.09. The number of nitrogens with zero attached hydrogens (tertiary/aromatic N) is 2. The number of aliphatic hydroxyl groups is 1. The Hall–Kier alpha value is -1.33. The largest absolute Gasteiger partial charge is 0.497 e. The van der Waals surface area contributed by atoms with E-state index in [1.165, 1.54) is 0 Å². The zero-order valence-corrected chi connectivity index (χ0v) is 14.2. The van der Waals surface area contributed by atoms with Crippen LogP contribution in [0.3, 0.4) is 0 Å². The third-order valence-electron chi connectivity index (χ3n) is 3.51. The topological polar surface area (TPSA) is 47.3 Å². The maximum absolute atomic E-state index is 10.3. The van der Waals surface area contributed by atoms with Gasteiger partial charge in [0, 0.05) is 13.0 Å². The molecular weight excluding hydrogens is 332 g/mol. The summed E-state index contributed by atoms with van der Waals surface area (Å²) < 4.78 is 8.08. The minimum Gasteiger partial charge on any atom is -0.497 e. The summed E-state index contributed by atoms with van der Waals surface area (Å²) in [5, 5.41) is 14.8. The van der Waals surface area contributed by atoms with Gasteiger partial charge in [0.15, 0.2) is 0 Å². The molecule has 1 atom stereocenters. The van der Waals surface area contributed by atoms with Gasteiger partial charge in [-0.25, -0.2) is 0 Å². The number of benzene rings is 1. The molecule has 2 aromatic rings. The number of rotatable bonds is 6. The van der Waals surface area contributed by atoms with E-state index in [-0.39, 0.29) is 0 Å². The number of aromatic nitrogens is 2. The second-order valence-electron chi connectivity index (χ2n) is 5.07. The number of aryl methyl sites for hydroxylation is 2. The minimum absolute atomic E-state index is 0.434. The lowest BCUT2D eigenvalue weighted by atomic mass is 10.0. The molecule has 0 aliphatic carbocycles. The van der Waals surface area contributed by atoms with Crippen molar-refractivity contribution in [1.82, 2.24) is 9.78 Å². The van der Waals surface area contributed by atoms with Gasteiger partial charge in [-0.2, -0.15) is 5.10 Å². The maximum atomic E-state index is 10.3. The molecule has 0 spiro atoms. The van der Waals surface area contributed by atoms with Crippen LogP contribution in [0, 0.1) is 6.92 Å². The predicted molar refractivity (Wildman–Crippen MR) is 86.7 cm³/mol. The molecule has 1 N–H and O–H groups in total. The van der Waals surface area contributed by atoms with E-state index in [0.29, 0.717) is 12.8 Å². The highest BCUT2D eigenvalue weighted by atomic mass is 79.9. The Balaban J connectivity index is 2.05. The fourth-order valence-electron chi connectivity index (χ4n) is 2.39. The van der Waals surface area contributed by atoms with Crippen LogP contribution in [0.2, 0.25) is 0 Å². The highest BCUT2D eigenvalue weighted by Crippen LogP contribution is 2.23. The van der Waals surface area contributed by atoms with Crippen molar-refractivity contribution in [2.75, 3.05) is 7.11 Å². The molecule has 5 heteroatoms. The number of hydrogen-bond donors (Lipinski definition) is 1. The van der Waals surface area contributed by atoms with Gasteiger partial charge in [0.05, 0.1) is 29.1 Å². The van der Waals surface area contributed by atoms with Crippen LogP contribution in [-0.4, -0.2) is 28.1 Å².